The average molecular weight is 512 g/mol. The number of aliphatic hydroxyl groups excluding tert-OH is 1. The number of non-ortho nitro benzene ring substituents is 1. The van der Waals surface area contributed by atoms with Crippen molar-refractivity contribution in [2.24, 2.45) is 0 Å². The van der Waals surface area contributed by atoms with Crippen LogP contribution < -0.4 is 9.64 Å². The smallest absolute Gasteiger partial charge is 0.301 e. The minimum atomic E-state index is -1.04. The first kappa shape index (κ1) is 22.6. The van der Waals surface area contributed by atoms with Crippen molar-refractivity contribution >= 4 is 61.2 Å². The van der Waals surface area contributed by atoms with Crippen molar-refractivity contribution < 1.29 is 28.7 Å². The first-order chi connectivity index (χ1) is 16.8. The van der Waals surface area contributed by atoms with E-state index in [1.165, 1.54) is 42.7 Å². The maximum Gasteiger partial charge on any atom is 0.301 e. The van der Waals surface area contributed by atoms with E-state index in [0.29, 0.717) is 15.1 Å². The maximum absolute atomic E-state index is 14.0. The van der Waals surface area contributed by atoms with E-state index in [1.54, 1.807) is 17.5 Å². The van der Waals surface area contributed by atoms with E-state index in [1.807, 2.05) is 0 Å². The fourth-order valence-corrected chi connectivity index (χ4v) is 5.72. The molecule has 1 fully saturated rings. The predicted molar refractivity (Wildman–Crippen MR) is 128 cm³/mol. The molecule has 1 N–H and O–H groups in total. The van der Waals surface area contributed by atoms with Crippen molar-refractivity contribution in [1.29, 1.82) is 0 Å². The van der Waals surface area contributed by atoms with Crippen molar-refractivity contribution in [3.63, 3.8) is 0 Å². The van der Waals surface area contributed by atoms with Crippen molar-refractivity contribution in [3.05, 3.63) is 85.9 Å². The van der Waals surface area contributed by atoms with Crippen LogP contribution >= 0.6 is 22.7 Å². The lowest BCUT2D eigenvalue weighted by Crippen LogP contribution is -2.28. The van der Waals surface area contributed by atoms with Gasteiger partial charge < -0.3 is 9.84 Å². The number of methoxy groups -OCH3 is 1. The van der Waals surface area contributed by atoms with Gasteiger partial charge in [-0.1, -0.05) is 17.4 Å². The lowest BCUT2D eigenvalue weighted by Gasteiger charge is -2.21. The summed E-state index contributed by atoms with van der Waals surface area (Å²) < 4.78 is 19.7. The maximum atomic E-state index is 14.0. The summed E-state index contributed by atoms with van der Waals surface area (Å²) in [5.41, 5.74) is -0.0458. The number of rotatable bonds is 5. The number of hydrogen-bond acceptors (Lipinski definition) is 9. The number of ketones is 1. The van der Waals surface area contributed by atoms with Crippen molar-refractivity contribution in [2.75, 3.05) is 12.0 Å². The number of thiazole rings is 1. The molecule has 1 amide bonds. The molecule has 1 aliphatic rings. The Kier molecular flexibility index (Phi) is 5.53. The highest BCUT2D eigenvalue weighted by molar-refractivity contribution is 7.22. The number of hydrogen-bond donors (Lipinski definition) is 1. The van der Waals surface area contributed by atoms with Crippen LogP contribution in [0.1, 0.15) is 16.5 Å². The first-order valence-electron chi connectivity index (χ1n) is 10.0. The zero-order valence-electron chi connectivity index (χ0n) is 17.8. The highest BCUT2D eigenvalue weighted by Gasteiger charge is 2.49. The predicted octanol–water partition coefficient (Wildman–Crippen LogP) is 5.04. The third kappa shape index (κ3) is 3.72. The van der Waals surface area contributed by atoms with Crippen LogP contribution in [-0.4, -0.2) is 33.8 Å². The monoisotopic (exact) mass is 511 g/mol. The largest absolute Gasteiger partial charge is 0.507 e. The molecule has 12 heteroatoms. The summed E-state index contributed by atoms with van der Waals surface area (Å²) in [5.74, 6) is -3.04. The number of halogens is 1. The molecule has 0 radical (unpaired) electrons. The summed E-state index contributed by atoms with van der Waals surface area (Å²) in [5, 5.41) is 24.2. The molecule has 1 aliphatic heterocycles. The molecule has 1 saturated heterocycles. The van der Waals surface area contributed by atoms with Gasteiger partial charge in [0.05, 0.1) is 33.4 Å². The second kappa shape index (κ2) is 8.56. The second-order valence-corrected chi connectivity index (χ2v) is 9.42. The number of fused-ring (bicyclic) bond motifs is 1. The van der Waals surface area contributed by atoms with Gasteiger partial charge in [-0.3, -0.25) is 24.6 Å². The highest BCUT2D eigenvalue weighted by Crippen LogP contribution is 2.46. The van der Waals surface area contributed by atoms with Gasteiger partial charge in [0, 0.05) is 17.0 Å². The molecule has 4 aromatic rings. The quantitative estimate of drug-likeness (QED) is 0.131. The van der Waals surface area contributed by atoms with E-state index >= 15 is 0 Å². The number of Topliss-reactive ketones (excluding diaryl/α,β-unsaturated/α-hetero) is 1. The summed E-state index contributed by atoms with van der Waals surface area (Å²) in [4.78, 5) is 43.2. The van der Waals surface area contributed by atoms with Crippen molar-refractivity contribution in [2.45, 2.75) is 6.04 Å². The molecule has 35 heavy (non-hydrogen) atoms. The van der Waals surface area contributed by atoms with Crippen LogP contribution in [-0.2, 0) is 9.59 Å². The number of nitro benzene ring substituents is 1. The second-order valence-electron chi connectivity index (χ2n) is 7.43. The number of thiophene rings is 1. The molecule has 1 unspecified atom stereocenters. The minimum Gasteiger partial charge on any atom is -0.507 e. The van der Waals surface area contributed by atoms with Crippen LogP contribution in [0.15, 0.2) is 59.5 Å². The molecule has 5 rings (SSSR count). The summed E-state index contributed by atoms with van der Waals surface area (Å²) in [7, 11) is 1.33. The van der Waals surface area contributed by atoms with Gasteiger partial charge >= 0.3 is 5.91 Å². The van der Waals surface area contributed by atoms with E-state index in [9.17, 15) is 29.2 Å². The number of aliphatic hydroxyl groups is 1. The number of amides is 1. The summed E-state index contributed by atoms with van der Waals surface area (Å²) in [6, 6.07) is 9.95. The molecule has 0 bridgehead atoms. The Bertz CT molecular complexity index is 1550. The number of nitrogens with zero attached hydrogens (tertiary/aromatic N) is 3. The van der Waals surface area contributed by atoms with Gasteiger partial charge in [0.15, 0.2) is 5.13 Å². The Morgan fingerprint density at radius 3 is 2.71 bits per heavy atom. The van der Waals surface area contributed by atoms with Crippen LogP contribution in [0.5, 0.6) is 5.75 Å². The summed E-state index contributed by atoms with van der Waals surface area (Å²) in [6.45, 7) is 0. The van der Waals surface area contributed by atoms with E-state index in [0.717, 1.165) is 28.4 Å². The molecule has 9 nitrogen and oxygen atoms in total. The lowest BCUT2D eigenvalue weighted by atomic mass is 9.99. The highest BCUT2D eigenvalue weighted by atomic mass is 32.1. The number of carbonyl (C=O) groups excluding carboxylic acids is 2. The molecular formula is C23H14FN3O6S2. The Labute approximate surface area is 204 Å². The number of anilines is 1. The van der Waals surface area contributed by atoms with Crippen molar-refractivity contribution in [3.8, 4) is 5.75 Å². The van der Waals surface area contributed by atoms with Crippen LogP contribution in [0.25, 0.3) is 16.0 Å². The zero-order chi connectivity index (χ0) is 24.9. The molecule has 2 aromatic carbocycles. The van der Waals surface area contributed by atoms with Gasteiger partial charge in [0.1, 0.15) is 23.4 Å². The van der Waals surface area contributed by atoms with Crippen molar-refractivity contribution in [1.82, 2.24) is 4.98 Å². The molecule has 0 spiro atoms. The van der Waals surface area contributed by atoms with E-state index < -0.39 is 34.2 Å². The van der Waals surface area contributed by atoms with Crippen LogP contribution in [0, 0.1) is 15.9 Å². The molecular weight excluding hydrogens is 497 g/mol. The zero-order valence-corrected chi connectivity index (χ0v) is 19.4. The Morgan fingerprint density at radius 2 is 2.03 bits per heavy atom. The third-order valence-electron chi connectivity index (χ3n) is 5.45. The normalized spacial score (nSPS) is 17.3. The standard InChI is InChI=1S/C23H14FN3O6S2/c1-33-15-7-4-11(24)9-13(15)20(28)18-19(16-3-2-8-34-16)26(22(30)21(18)29)23-25-14-6-5-12(27(31)32)10-17(14)35-23/h2-10,19,28H,1H3/b20-18+. The first-order valence-corrected chi connectivity index (χ1v) is 11.7. The Morgan fingerprint density at radius 1 is 1.23 bits per heavy atom. The fourth-order valence-electron chi connectivity index (χ4n) is 3.87. The van der Waals surface area contributed by atoms with E-state index in [-0.39, 0.29) is 27.7 Å². The lowest BCUT2D eigenvalue weighted by molar-refractivity contribution is -0.384. The number of aromatic nitrogens is 1. The van der Waals surface area contributed by atoms with Gasteiger partial charge in [0.25, 0.3) is 11.5 Å². The summed E-state index contributed by atoms with van der Waals surface area (Å²) in [6.07, 6.45) is 0. The van der Waals surface area contributed by atoms with Gasteiger partial charge in [-0.15, -0.1) is 11.3 Å². The number of carbonyl (C=O) groups is 2. The van der Waals surface area contributed by atoms with E-state index in [2.05, 4.69) is 4.98 Å². The number of nitro groups is 1. The molecule has 0 saturated carbocycles. The fraction of sp³-hybridized carbons (Fsp3) is 0.0870. The minimum absolute atomic E-state index is 0.0769. The molecule has 0 aliphatic carbocycles. The van der Waals surface area contributed by atoms with Gasteiger partial charge in [-0.05, 0) is 35.7 Å². The van der Waals surface area contributed by atoms with Crippen LogP contribution in [0.4, 0.5) is 15.2 Å². The molecule has 176 valence electrons. The average Bonchev–Trinajstić information content (AvgIpc) is 3.56. The molecule has 2 aromatic heterocycles. The van der Waals surface area contributed by atoms with Gasteiger partial charge in [-0.2, -0.15) is 0 Å². The Balaban J connectivity index is 1.72. The van der Waals surface area contributed by atoms with Gasteiger partial charge in [0.2, 0.25) is 0 Å². The SMILES string of the molecule is COc1ccc(F)cc1/C(O)=C1\C(=O)C(=O)N(c2nc3ccc([N+](=O)[O-])cc3s2)C1c1cccs1. The van der Waals surface area contributed by atoms with Crippen LogP contribution in [0.2, 0.25) is 0 Å². The molecule has 3 heterocycles. The number of benzene rings is 2. The Hall–Kier alpha value is -4.16. The number of ether oxygens (including phenoxy) is 1. The van der Waals surface area contributed by atoms with Gasteiger partial charge in [-0.25, -0.2) is 9.37 Å². The topological polar surface area (TPSA) is 123 Å². The molecule has 1 atom stereocenters. The van der Waals surface area contributed by atoms with E-state index in [4.69, 9.17) is 4.74 Å². The third-order valence-corrected chi connectivity index (χ3v) is 7.39. The van der Waals surface area contributed by atoms with Crippen LogP contribution in [0.3, 0.4) is 0 Å². The summed E-state index contributed by atoms with van der Waals surface area (Å²) >= 11 is 2.26.